The monoisotopic (exact) mass is 341 g/mol. The van der Waals surface area contributed by atoms with E-state index in [1.807, 2.05) is 63.2 Å². The first-order valence-corrected chi connectivity index (χ1v) is 8.13. The van der Waals surface area contributed by atoms with Gasteiger partial charge in [0.1, 0.15) is 6.61 Å². The van der Waals surface area contributed by atoms with Gasteiger partial charge in [-0.2, -0.15) is 0 Å². The van der Waals surface area contributed by atoms with Crippen LogP contribution in [0.1, 0.15) is 40.3 Å². The molecule has 5 nitrogen and oxygen atoms in total. The van der Waals surface area contributed by atoms with E-state index in [0.29, 0.717) is 0 Å². The molecule has 0 saturated heterocycles. The standard InChI is InChI=1S/C20H23NO4/c1-13-9-14(2)19(15(3)10-13)17(11-18(22)23)21-20(24)25-12-16-7-5-4-6-8-16/h4-10,17H,11-12H2,1-3H3,(H,21,24)(H,22,23)/t17-/m0/s1. The van der Waals surface area contributed by atoms with Crippen LogP contribution in [0.3, 0.4) is 0 Å². The van der Waals surface area contributed by atoms with E-state index in [2.05, 4.69) is 5.32 Å². The molecular formula is C20H23NO4. The summed E-state index contributed by atoms with van der Waals surface area (Å²) < 4.78 is 5.22. The average molecular weight is 341 g/mol. The van der Waals surface area contributed by atoms with Crippen molar-refractivity contribution in [2.24, 2.45) is 0 Å². The predicted octanol–water partition coefficient (Wildman–Crippen LogP) is 4.05. The maximum atomic E-state index is 12.1. The third kappa shape index (κ3) is 5.35. The van der Waals surface area contributed by atoms with Gasteiger partial charge >= 0.3 is 12.1 Å². The lowest BCUT2D eigenvalue weighted by Crippen LogP contribution is -2.31. The minimum atomic E-state index is -0.979. The predicted molar refractivity (Wildman–Crippen MR) is 95.4 cm³/mol. The number of aryl methyl sites for hydroxylation is 3. The zero-order valence-electron chi connectivity index (χ0n) is 14.7. The number of hydrogen-bond acceptors (Lipinski definition) is 3. The Labute approximate surface area is 147 Å². The number of carboxylic acid groups (broad SMARTS) is 1. The average Bonchev–Trinajstić information content (AvgIpc) is 2.52. The van der Waals surface area contributed by atoms with E-state index in [0.717, 1.165) is 27.8 Å². The molecule has 0 heterocycles. The Kier molecular flexibility index (Phi) is 6.17. The molecule has 0 radical (unpaired) electrons. The lowest BCUT2D eigenvalue weighted by Gasteiger charge is -2.22. The van der Waals surface area contributed by atoms with Crippen LogP contribution in [-0.2, 0) is 16.1 Å². The summed E-state index contributed by atoms with van der Waals surface area (Å²) in [4.78, 5) is 23.4. The molecule has 2 aromatic carbocycles. The van der Waals surface area contributed by atoms with Crippen molar-refractivity contribution in [3.05, 3.63) is 70.3 Å². The van der Waals surface area contributed by atoms with Crippen LogP contribution < -0.4 is 5.32 Å². The number of carbonyl (C=O) groups is 2. The minimum absolute atomic E-state index is 0.137. The topological polar surface area (TPSA) is 75.6 Å². The van der Waals surface area contributed by atoms with Crippen molar-refractivity contribution < 1.29 is 19.4 Å². The molecule has 2 N–H and O–H groups in total. The normalized spacial score (nSPS) is 11.6. The quantitative estimate of drug-likeness (QED) is 0.831. The fourth-order valence-electron chi connectivity index (χ4n) is 3.05. The molecular weight excluding hydrogens is 318 g/mol. The summed E-state index contributed by atoms with van der Waals surface area (Å²) in [6, 6.07) is 12.7. The van der Waals surface area contributed by atoms with Crippen molar-refractivity contribution in [2.75, 3.05) is 0 Å². The summed E-state index contributed by atoms with van der Waals surface area (Å²) in [6.07, 6.45) is -0.833. The van der Waals surface area contributed by atoms with Crippen LogP contribution in [0.25, 0.3) is 0 Å². The summed E-state index contributed by atoms with van der Waals surface area (Å²) in [6.45, 7) is 5.96. The number of amides is 1. The van der Waals surface area contributed by atoms with Crippen LogP contribution in [0.5, 0.6) is 0 Å². The molecule has 0 aromatic heterocycles. The molecule has 132 valence electrons. The molecule has 0 aliphatic heterocycles. The Morgan fingerprint density at radius 3 is 2.24 bits per heavy atom. The molecule has 0 spiro atoms. The fourth-order valence-corrected chi connectivity index (χ4v) is 3.05. The highest BCUT2D eigenvalue weighted by Gasteiger charge is 2.22. The molecule has 0 bridgehead atoms. The highest BCUT2D eigenvalue weighted by molar-refractivity contribution is 5.72. The van der Waals surface area contributed by atoms with Gasteiger partial charge in [-0.25, -0.2) is 4.79 Å². The first-order valence-electron chi connectivity index (χ1n) is 8.13. The van der Waals surface area contributed by atoms with Gasteiger partial charge < -0.3 is 15.2 Å². The van der Waals surface area contributed by atoms with Gasteiger partial charge in [0.25, 0.3) is 0 Å². The number of hydrogen-bond donors (Lipinski definition) is 2. The Balaban J connectivity index is 2.12. The molecule has 5 heteroatoms. The highest BCUT2D eigenvalue weighted by Crippen LogP contribution is 2.26. The number of alkyl carbamates (subject to hydrolysis) is 1. The first-order chi connectivity index (χ1) is 11.9. The summed E-state index contributed by atoms with van der Waals surface area (Å²) >= 11 is 0. The van der Waals surface area contributed by atoms with Gasteiger partial charge in [-0.3, -0.25) is 4.79 Å². The molecule has 0 fully saturated rings. The number of nitrogens with one attached hydrogen (secondary N) is 1. The van der Waals surface area contributed by atoms with Crippen LogP contribution in [0, 0.1) is 20.8 Å². The second-order valence-corrected chi connectivity index (χ2v) is 6.17. The van der Waals surface area contributed by atoms with E-state index >= 15 is 0 Å². The summed E-state index contributed by atoms with van der Waals surface area (Å²) in [5.41, 5.74) is 4.69. The van der Waals surface area contributed by atoms with Crippen molar-refractivity contribution in [2.45, 2.75) is 39.8 Å². The number of benzene rings is 2. The Morgan fingerprint density at radius 2 is 1.68 bits per heavy atom. The van der Waals surface area contributed by atoms with Crippen LogP contribution >= 0.6 is 0 Å². The molecule has 25 heavy (non-hydrogen) atoms. The van der Waals surface area contributed by atoms with Crippen LogP contribution in [0.15, 0.2) is 42.5 Å². The second kappa shape index (κ2) is 8.33. The van der Waals surface area contributed by atoms with Crippen LogP contribution in [0.2, 0.25) is 0 Å². The number of rotatable bonds is 6. The highest BCUT2D eigenvalue weighted by atomic mass is 16.5. The van der Waals surface area contributed by atoms with Crippen LogP contribution in [-0.4, -0.2) is 17.2 Å². The maximum absolute atomic E-state index is 12.1. The summed E-state index contributed by atoms with van der Waals surface area (Å²) in [5.74, 6) is -0.979. The number of carboxylic acids is 1. The maximum Gasteiger partial charge on any atom is 0.407 e. The summed E-state index contributed by atoms with van der Waals surface area (Å²) in [7, 11) is 0. The Hall–Kier alpha value is -2.82. The molecule has 0 aliphatic carbocycles. The largest absolute Gasteiger partial charge is 0.481 e. The fraction of sp³-hybridized carbons (Fsp3) is 0.300. The lowest BCUT2D eigenvalue weighted by atomic mass is 9.92. The molecule has 1 amide bonds. The SMILES string of the molecule is Cc1cc(C)c([C@H](CC(=O)O)NC(=O)OCc2ccccc2)c(C)c1. The van der Waals surface area contributed by atoms with Crippen molar-refractivity contribution in [3.8, 4) is 0 Å². The van der Waals surface area contributed by atoms with Crippen molar-refractivity contribution >= 4 is 12.1 Å². The lowest BCUT2D eigenvalue weighted by molar-refractivity contribution is -0.137. The van der Waals surface area contributed by atoms with Gasteiger partial charge in [-0.15, -0.1) is 0 Å². The minimum Gasteiger partial charge on any atom is -0.481 e. The number of carbonyl (C=O) groups excluding carboxylic acids is 1. The smallest absolute Gasteiger partial charge is 0.407 e. The van der Waals surface area contributed by atoms with Crippen molar-refractivity contribution in [1.29, 1.82) is 0 Å². The number of ether oxygens (including phenoxy) is 1. The zero-order valence-corrected chi connectivity index (χ0v) is 14.7. The van der Waals surface area contributed by atoms with E-state index in [1.165, 1.54) is 0 Å². The Bertz CT molecular complexity index is 733. The van der Waals surface area contributed by atoms with Crippen molar-refractivity contribution in [1.82, 2.24) is 5.32 Å². The van der Waals surface area contributed by atoms with E-state index in [1.54, 1.807) is 0 Å². The van der Waals surface area contributed by atoms with Crippen molar-refractivity contribution in [3.63, 3.8) is 0 Å². The zero-order chi connectivity index (χ0) is 18.4. The van der Waals surface area contributed by atoms with Gasteiger partial charge in [0.05, 0.1) is 12.5 Å². The third-order valence-corrected chi connectivity index (χ3v) is 3.97. The van der Waals surface area contributed by atoms with Gasteiger partial charge in [-0.1, -0.05) is 48.0 Å². The molecule has 2 aromatic rings. The van der Waals surface area contributed by atoms with Gasteiger partial charge in [0.15, 0.2) is 0 Å². The van der Waals surface area contributed by atoms with Gasteiger partial charge in [-0.05, 0) is 43.0 Å². The molecule has 1 atom stereocenters. The van der Waals surface area contributed by atoms with E-state index in [4.69, 9.17) is 4.74 Å². The Morgan fingerprint density at radius 1 is 1.08 bits per heavy atom. The molecule has 0 unspecified atom stereocenters. The van der Waals surface area contributed by atoms with Crippen LogP contribution in [0.4, 0.5) is 4.79 Å². The number of aliphatic carboxylic acids is 1. The second-order valence-electron chi connectivity index (χ2n) is 6.17. The molecule has 0 saturated carbocycles. The molecule has 2 rings (SSSR count). The van der Waals surface area contributed by atoms with E-state index in [9.17, 15) is 14.7 Å². The molecule has 0 aliphatic rings. The first kappa shape index (κ1) is 18.5. The van der Waals surface area contributed by atoms with Gasteiger partial charge in [0.2, 0.25) is 0 Å². The van der Waals surface area contributed by atoms with E-state index < -0.39 is 18.1 Å². The summed E-state index contributed by atoms with van der Waals surface area (Å²) in [5, 5.41) is 11.9. The van der Waals surface area contributed by atoms with Gasteiger partial charge in [0, 0.05) is 0 Å². The van der Waals surface area contributed by atoms with E-state index in [-0.39, 0.29) is 13.0 Å². The third-order valence-electron chi connectivity index (χ3n) is 3.97.